The molecule has 174 valence electrons. The van der Waals surface area contributed by atoms with Crippen molar-refractivity contribution >= 4 is 52.4 Å². The molecule has 34 heavy (non-hydrogen) atoms. The first kappa shape index (κ1) is 24.8. The van der Waals surface area contributed by atoms with E-state index in [4.69, 9.17) is 32.7 Å². The van der Waals surface area contributed by atoms with Gasteiger partial charge in [0.1, 0.15) is 0 Å². The number of benzene rings is 3. The van der Waals surface area contributed by atoms with Crippen LogP contribution in [0.3, 0.4) is 0 Å². The van der Waals surface area contributed by atoms with E-state index in [2.05, 4.69) is 15.8 Å². The number of carbonyl (C=O) groups is 3. The molecule has 0 aliphatic heterocycles. The van der Waals surface area contributed by atoms with Crippen LogP contribution in [0.15, 0.2) is 71.8 Å². The molecule has 0 unspecified atom stereocenters. The molecule has 0 spiro atoms. The van der Waals surface area contributed by atoms with Crippen LogP contribution in [0.25, 0.3) is 0 Å². The van der Waals surface area contributed by atoms with Gasteiger partial charge in [0.25, 0.3) is 0 Å². The molecule has 3 aromatic carbocycles. The van der Waals surface area contributed by atoms with Crippen molar-refractivity contribution in [2.75, 3.05) is 12.4 Å². The van der Waals surface area contributed by atoms with Crippen LogP contribution in [0.2, 0.25) is 10.0 Å². The number of hydrazone groups is 1. The number of methoxy groups -OCH3 is 1. The molecule has 10 heteroatoms. The third-order valence-corrected chi connectivity index (χ3v) is 4.96. The molecule has 0 radical (unpaired) electrons. The molecular formula is C24H19Cl2N3O5. The molecule has 0 aromatic heterocycles. The Morgan fingerprint density at radius 2 is 1.56 bits per heavy atom. The molecule has 0 fully saturated rings. The van der Waals surface area contributed by atoms with Gasteiger partial charge >= 0.3 is 17.8 Å². The summed E-state index contributed by atoms with van der Waals surface area (Å²) in [6, 6.07) is 17.4. The zero-order valence-electron chi connectivity index (χ0n) is 18.1. The van der Waals surface area contributed by atoms with Crippen LogP contribution in [-0.2, 0) is 9.59 Å². The zero-order valence-corrected chi connectivity index (χ0v) is 19.6. The predicted octanol–water partition coefficient (Wildman–Crippen LogP) is 4.70. The van der Waals surface area contributed by atoms with Gasteiger partial charge in [-0.05, 0) is 67.6 Å². The number of anilines is 1. The number of amides is 2. The van der Waals surface area contributed by atoms with Gasteiger partial charge in [-0.3, -0.25) is 9.59 Å². The highest BCUT2D eigenvalue weighted by atomic mass is 35.5. The Hall–Kier alpha value is -3.88. The molecule has 2 amide bonds. The molecule has 3 rings (SSSR count). The average Bonchev–Trinajstić information content (AvgIpc) is 2.83. The molecular weight excluding hydrogens is 481 g/mol. The third-order valence-electron chi connectivity index (χ3n) is 4.48. The number of ether oxygens (including phenoxy) is 2. The smallest absolute Gasteiger partial charge is 0.343 e. The average molecular weight is 500 g/mol. The third kappa shape index (κ3) is 6.57. The van der Waals surface area contributed by atoms with Gasteiger partial charge in [0, 0.05) is 21.3 Å². The SMILES string of the molecule is COc1cc(/C(C)=N/NC(=O)C(=O)Nc2ccc(Cl)cc2)ccc1OC(=O)c1cccc(Cl)c1. The van der Waals surface area contributed by atoms with Crippen molar-refractivity contribution in [2.24, 2.45) is 5.10 Å². The number of esters is 1. The summed E-state index contributed by atoms with van der Waals surface area (Å²) in [6.45, 7) is 1.63. The highest BCUT2D eigenvalue weighted by molar-refractivity contribution is 6.39. The number of carbonyl (C=O) groups excluding carboxylic acids is 3. The Kier molecular flexibility index (Phi) is 8.24. The minimum atomic E-state index is -0.951. The van der Waals surface area contributed by atoms with Crippen LogP contribution >= 0.6 is 23.2 Å². The van der Waals surface area contributed by atoms with Crippen molar-refractivity contribution in [3.63, 3.8) is 0 Å². The maximum atomic E-state index is 12.4. The van der Waals surface area contributed by atoms with E-state index < -0.39 is 17.8 Å². The fourth-order valence-electron chi connectivity index (χ4n) is 2.72. The van der Waals surface area contributed by atoms with Gasteiger partial charge in [-0.25, -0.2) is 10.2 Å². The molecule has 0 aliphatic rings. The van der Waals surface area contributed by atoms with E-state index in [-0.39, 0.29) is 17.1 Å². The summed E-state index contributed by atoms with van der Waals surface area (Å²) in [5.74, 6) is -1.98. The summed E-state index contributed by atoms with van der Waals surface area (Å²) in [5, 5.41) is 7.30. The number of nitrogens with zero attached hydrogens (tertiary/aromatic N) is 1. The Balaban J connectivity index is 1.66. The predicted molar refractivity (Wildman–Crippen MR) is 130 cm³/mol. The van der Waals surface area contributed by atoms with E-state index in [9.17, 15) is 14.4 Å². The Morgan fingerprint density at radius 3 is 2.24 bits per heavy atom. The summed E-state index contributed by atoms with van der Waals surface area (Å²) >= 11 is 11.7. The second kappa shape index (κ2) is 11.3. The molecule has 0 saturated carbocycles. The number of hydrogen-bond donors (Lipinski definition) is 2. The molecule has 2 N–H and O–H groups in total. The lowest BCUT2D eigenvalue weighted by atomic mass is 10.1. The summed E-state index contributed by atoms with van der Waals surface area (Å²) in [6.07, 6.45) is 0. The molecule has 0 bridgehead atoms. The summed E-state index contributed by atoms with van der Waals surface area (Å²) < 4.78 is 10.7. The quantitative estimate of drug-likeness (QED) is 0.168. The summed E-state index contributed by atoms with van der Waals surface area (Å²) in [4.78, 5) is 36.5. The van der Waals surface area contributed by atoms with Gasteiger partial charge in [-0.15, -0.1) is 0 Å². The first-order valence-corrected chi connectivity index (χ1v) is 10.6. The monoisotopic (exact) mass is 499 g/mol. The lowest BCUT2D eigenvalue weighted by Crippen LogP contribution is -2.32. The van der Waals surface area contributed by atoms with E-state index in [0.717, 1.165) is 0 Å². The summed E-state index contributed by atoms with van der Waals surface area (Å²) in [7, 11) is 1.42. The number of halogens is 2. The Bertz CT molecular complexity index is 1260. The largest absolute Gasteiger partial charge is 0.493 e. The molecule has 0 atom stereocenters. The van der Waals surface area contributed by atoms with Crippen LogP contribution in [-0.4, -0.2) is 30.6 Å². The maximum absolute atomic E-state index is 12.4. The highest BCUT2D eigenvalue weighted by Gasteiger charge is 2.16. The topological polar surface area (TPSA) is 106 Å². The van der Waals surface area contributed by atoms with E-state index in [1.807, 2.05) is 0 Å². The van der Waals surface area contributed by atoms with Gasteiger partial charge in [-0.1, -0.05) is 29.3 Å². The molecule has 0 saturated heterocycles. The normalized spacial score (nSPS) is 10.9. The van der Waals surface area contributed by atoms with Crippen molar-refractivity contribution in [1.29, 1.82) is 0 Å². The van der Waals surface area contributed by atoms with Crippen LogP contribution in [0, 0.1) is 0 Å². The van der Waals surface area contributed by atoms with Crippen molar-refractivity contribution in [3.05, 3.63) is 87.9 Å². The zero-order chi connectivity index (χ0) is 24.7. The highest BCUT2D eigenvalue weighted by Crippen LogP contribution is 2.29. The molecule has 8 nitrogen and oxygen atoms in total. The number of rotatable bonds is 6. The number of nitrogens with one attached hydrogen (secondary N) is 2. The second-order valence-electron chi connectivity index (χ2n) is 6.86. The standard InChI is InChI=1S/C24H19Cl2N3O5/c1-14(28-29-23(31)22(30)27-19-9-7-17(25)8-10-19)15-6-11-20(21(13-15)33-2)34-24(32)16-4-3-5-18(26)12-16/h3-13H,1-2H3,(H,27,30)(H,29,31)/b28-14+. The molecule has 0 aliphatic carbocycles. The van der Waals surface area contributed by atoms with E-state index >= 15 is 0 Å². The first-order chi connectivity index (χ1) is 16.3. The van der Waals surface area contributed by atoms with Gasteiger partial charge in [0.05, 0.1) is 18.4 Å². The van der Waals surface area contributed by atoms with Crippen molar-refractivity contribution < 1.29 is 23.9 Å². The van der Waals surface area contributed by atoms with E-state index in [0.29, 0.717) is 27.0 Å². The molecule has 3 aromatic rings. The van der Waals surface area contributed by atoms with Gasteiger partial charge in [0.15, 0.2) is 11.5 Å². The van der Waals surface area contributed by atoms with Crippen molar-refractivity contribution in [3.8, 4) is 11.5 Å². The Labute approximate surface area is 205 Å². The Morgan fingerprint density at radius 1 is 0.824 bits per heavy atom. The van der Waals surface area contributed by atoms with Gasteiger partial charge < -0.3 is 14.8 Å². The van der Waals surface area contributed by atoms with Gasteiger partial charge in [0.2, 0.25) is 0 Å². The van der Waals surface area contributed by atoms with Crippen LogP contribution in [0.4, 0.5) is 5.69 Å². The van der Waals surface area contributed by atoms with Crippen LogP contribution in [0.1, 0.15) is 22.8 Å². The van der Waals surface area contributed by atoms with Crippen molar-refractivity contribution in [1.82, 2.24) is 5.43 Å². The van der Waals surface area contributed by atoms with E-state index in [1.165, 1.54) is 19.2 Å². The minimum Gasteiger partial charge on any atom is -0.493 e. The lowest BCUT2D eigenvalue weighted by molar-refractivity contribution is -0.136. The second-order valence-corrected chi connectivity index (χ2v) is 7.74. The van der Waals surface area contributed by atoms with E-state index in [1.54, 1.807) is 61.5 Å². The van der Waals surface area contributed by atoms with Crippen molar-refractivity contribution in [2.45, 2.75) is 6.92 Å². The van der Waals surface area contributed by atoms with Gasteiger partial charge in [-0.2, -0.15) is 5.10 Å². The van der Waals surface area contributed by atoms with Crippen LogP contribution < -0.4 is 20.2 Å². The minimum absolute atomic E-state index is 0.190. The number of hydrogen-bond acceptors (Lipinski definition) is 6. The first-order valence-electron chi connectivity index (χ1n) is 9.84. The fourth-order valence-corrected chi connectivity index (χ4v) is 3.04. The summed E-state index contributed by atoms with van der Waals surface area (Å²) in [5.41, 5.74) is 3.85. The lowest BCUT2D eigenvalue weighted by Gasteiger charge is -2.11. The van der Waals surface area contributed by atoms with Crippen LogP contribution in [0.5, 0.6) is 11.5 Å². The molecule has 0 heterocycles. The fraction of sp³-hybridized carbons (Fsp3) is 0.0833. The maximum Gasteiger partial charge on any atom is 0.343 e.